The highest BCUT2D eigenvalue weighted by Gasteiger charge is 2.06. The monoisotopic (exact) mass is 322 g/mol. The number of aryl methyl sites for hydroxylation is 2. The maximum Gasteiger partial charge on any atom is 0.119 e. The third kappa shape index (κ3) is 3.61. The summed E-state index contributed by atoms with van der Waals surface area (Å²) in [6.07, 6.45) is 2.13. The van der Waals surface area contributed by atoms with Gasteiger partial charge in [0.05, 0.1) is 17.6 Å². The van der Waals surface area contributed by atoms with Gasteiger partial charge < -0.3 is 9.30 Å². The molecule has 2 aromatic carbocycles. The average Bonchev–Trinajstić information content (AvgIpc) is 2.94. The quantitative estimate of drug-likeness (QED) is 0.550. The second-order valence-electron chi connectivity index (χ2n) is 6.38. The van der Waals surface area contributed by atoms with Crippen LogP contribution < -0.4 is 4.74 Å². The molecule has 0 N–H and O–H groups in total. The van der Waals surface area contributed by atoms with Crippen LogP contribution in [0.2, 0.25) is 0 Å². The summed E-state index contributed by atoms with van der Waals surface area (Å²) in [5.41, 5.74) is 3.65. The topological polar surface area (TPSA) is 27.1 Å². The normalized spacial score (nSPS) is 12.5. The van der Waals surface area contributed by atoms with Gasteiger partial charge in [-0.25, -0.2) is 4.98 Å². The fourth-order valence-electron chi connectivity index (χ4n) is 3.02. The van der Waals surface area contributed by atoms with E-state index >= 15 is 0 Å². The Morgan fingerprint density at radius 3 is 2.58 bits per heavy atom. The SMILES string of the molecule is CCC(C)c1ccc(OCCCn2c(C)nc3ccccc32)cc1. The van der Waals surface area contributed by atoms with Crippen LogP contribution in [-0.4, -0.2) is 16.2 Å². The van der Waals surface area contributed by atoms with Gasteiger partial charge in [0.25, 0.3) is 0 Å². The largest absolute Gasteiger partial charge is 0.494 e. The first kappa shape index (κ1) is 16.6. The third-order valence-electron chi connectivity index (χ3n) is 4.70. The Kier molecular flexibility index (Phi) is 5.19. The summed E-state index contributed by atoms with van der Waals surface area (Å²) in [7, 11) is 0. The lowest BCUT2D eigenvalue weighted by Gasteiger charge is -2.11. The number of ether oxygens (including phenoxy) is 1. The van der Waals surface area contributed by atoms with Gasteiger partial charge >= 0.3 is 0 Å². The van der Waals surface area contributed by atoms with Crippen molar-refractivity contribution in [3.8, 4) is 5.75 Å². The molecule has 0 fully saturated rings. The average molecular weight is 322 g/mol. The summed E-state index contributed by atoms with van der Waals surface area (Å²) >= 11 is 0. The molecular weight excluding hydrogens is 296 g/mol. The molecule has 126 valence electrons. The predicted molar refractivity (Wildman–Crippen MR) is 99.7 cm³/mol. The molecule has 0 spiro atoms. The van der Waals surface area contributed by atoms with E-state index in [1.165, 1.54) is 17.5 Å². The summed E-state index contributed by atoms with van der Waals surface area (Å²) in [6, 6.07) is 16.8. The molecule has 0 saturated heterocycles. The van der Waals surface area contributed by atoms with E-state index in [1.54, 1.807) is 0 Å². The van der Waals surface area contributed by atoms with Crippen LogP contribution in [0.15, 0.2) is 48.5 Å². The molecule has 0 saturated carbocycles. The van der Waals surface area contributed by atoms with E-state index in [-0.39, 0.29) is 0 Å². The zero-order chi connectivity index (χ0) is 16.9. The van der Waals surface area contributed by atoms with Gasteiger partial charge in [0.1, 0.15) is 11.6 Å². The van der Waals surface area contributed by atoms with Crippen LogP contribution in [0, 0.1) is 6.92 Å². The molecule has 1 atom stereocenters. The van der Waals surface area contributed by atoms with Gasteiger partial charge in [0.15, 0.2) is 0 Å². The zero-order valence-corrected chi connectivity index (χ0v) is 14.8. The van der Waals surface area contributed by atoms with Crippen LogP contribution in [-0.2, 0) is 6.54 Å². The van der Waals surface area contributed by atoms with Crippen molar-refractivity contribution < 1.29 is 4.74 Å². The summed E-state index contributed by atoms with van der Waals surface area (Å²) in [5.74, 6) is 2.62. The van der Waals surface area contributed by atoms with Crippen molar-refractivity contribution in [3.05, 3.63) is 59.9 Å². The second-order valence-corrected chi connectivity index (χ2v) is 6.38. The van der Waals surface area contributed by atoms with Crippen molar-refractivity contribution in [2.24, 2.45) is 0 Å². The van der Waals surface area contributed by atoms with E-state index in [1.807, 2.05) is 6.07 Å². The van der Waals surface area contributed by atoms with Crippen LogP contribution in [0.25, 0.3) is 11.0 Å². The van der Waals surface area contributed by atoms with Gasteiger partial charge in [-0.05, 0) is 55.5 Å². The van der Waals surface area contributed by atoms with Crippen LogP contribution in [0.5, 0.6) is 5.75 Å². The van der Waals surface area contributed by atoms with Crippen molar-refractivity contribution in [1.82, 2.24) is 9.55 Å². The van der Waals surface area contributed by atoms with E-state index in [2.05, 4.69) is 72.8 Å². The second kappa shape index (κ2) is 7.52. The molecule has 24 heavy (non-hydrogen) atoms. The molecule has 3 heteroatoms. The molecule has 3 nitrogen and oxygen atoms in total. The molecule has 0 aliphatic rings. The van der Waals surface area contributed by atoms with E-state index in [0.29, 0.717) is 12.5 Å². The summed E-state index contributed by atoms with van der Waals surface area (Å²) in [5, 5.41) is 0. The minimum Gasteiger partial charge on any atom is -0.494 e. The highest BCUT2D eigenvalue weighted by molar-refractivity contribution is 5.75. The molecule has 0 aliphatic heterocycles. The molecule has 0 bridgehead atoms. The fourth-order valence-corrected chi connectivity index (χ4v) is 3.02. The molecule has 1 unspecified atom stereocenters. The lowest BCUT2D eigenvalue weighted by molar-refractivity contribution is 0.302. The first-order valence-electron chi connectivity index (χ1n) is 8.83. The maximum absolute atomic E-state index is 5.89. The van der Waals surface area contributed by atoms with Gasteiger partial charge in [-0.2, -0.15) is 0 Å². The number of fused-ring (bicyclic) bond motifs is 1. The lowest BCUT2D eigenvalue weighted by Crippen LogP contribution is -2.06. The Hall–Kier alpha value is -2.29. The van der Waals surface area contributed by atoms with E-state index in [4.69, 9.17) is 4.74 Å². The Labute approximate surface area is 144 Å². The van der Waals surface area contributed by atoms with Gasteiger partial charge in [-0.1, -0.05) is 38.1 Å². The molecule has 0 amide bonds. The minimum absolute atomic E-state index is 0.608. The smallest absolute Gasteiger partial charge is 0.119 e. The van der Waals surface area contributed by atoms with Crippen LogP contribution in [0.1, 0.15) is 44.0 Å². The van der Waals surface area contributed by atoms with Crippen molar-refractivity contribution >= 4 is 11.0 Å². The van der Waals surface area contributed by atoms with Gasteiger partial charge in [0.2, 0.25) is 0 Å². The van der Waals surface area contributed by atoms with Crippen LogP contribution >= 0.6 is 0 Å². The Morgan fingerprint density at radius 2 is 1.83 bits per heavy atom. The van der Waals surface area contributed by atoms with Crippen LogP contribution in [0.4, 0.5) is 0 Å². The molecule has 1 aromatic heterocycles. The fraction of sp³-hybridized carbons (Fsp3) is 0.381. The highest BCUT2D eigenvalue weighted by atomic mass is 16.5. The number of nitrogens with zero attached hydrogens (tertiary/aromatic N) is 2. The van der Waals surface area contributed by atoms with Crippen molar-refractivity contribution in [2.45, 2.75) is 46.1 Å². The molecule has 0 aliphatic carbocycles. The lowest BCUT2D eigenvalue weighted by atomic mass is 9.99. The molecule has 0 radical (unpaired) electrons. The summed E-state index contributed by atoms with van der Waals surface area (Å²) in [4.78, 5) is 4.61. The van der Waals surface area contributed by atoms with Crippen molar-refractivity contribution in [1.29, 1.82) is 0 Å². The number of para-hydroxylation sites is 2. The van der Waals surface area contributed by atoms with E-state index < -0.39 is 0 Å². The molecule has 3 rings (SSSR count). The number of hydrogen-bond acceptors (Lipinski definition) is 2. The van der Waals surface area contributed by atoms with Gasteiger partial charge in [-0.15, -0.1) is 0 Å². The summed E-state index contributed by atoms with van der Waals surface area (Å²) < 4.78 is 8.16. The van der Waals surface area contributed by atoms with Crippen molar-refractivity contribution in [3.63, 3.8) is 0 Å². The van der Waals surface area contributed by atoms with Crippen molar-refractivity contribution in [2.75, 3.05) is 6.61 Å². The third-order valence-corrected chi connectivity index (χ3v) is 4.70. The van der Waals surface area contributed by atoms with Gasteiger partial charge in [0, 0.05) is 6.54 Å². The van der Waals surface area contributed by atoms with Gasteiger partial charge in [-0.3, -0.25) is 0 Å². The highest BCUT2D eigenvalue weighted by Crippen LogP contribution is 2.21. The number of aromatic nitrogens is 2. The zero-order valence-electron chi connectivity index (χ0n) is 14.8. The first-order chi connectivity index (χ1) is 11.7. The standard InChI is InChI=1S/C21H26N2O/c1-4-16(2)18-10-12-19(13-11-18)24-15-7-14-23-17(3)22-20-8-5-6-9-21(20)23/h5-6,8-13,16H,4,7,14-15H2,1-3H3. The number of rotatable bonds is 7. The number of imidazole rings is 1. The number of hydrogen-bond donors (Lipinski definition) is 0. The van der Waals surface area contributed by atoms with E-state index in [0.717, 1.165) is 30.1 Å². The van der Waals surface area contributed by atoms with Crippen LogP contribution in [0.3, 0.4) is 0 Å². The molecular formula is C21H26N2O. The Morgan fingerprint density at radius 1 is 1.08 bits per heavy atom. The minimum atomic E-state index is 0.608. The molecule has 1 heterocycles. The first-order valence-corrected chi connectivity index (χ1v) is 8.83. The maximum atomic E-state index is 5.89. The predicted octanol–water partition coefficient (Wildman–Crippen LogP) is 5.33. The van der Waals surface area contributed by atoms with E-state index in [9.17, 15) is 0 Å². The Bertz CT molecular complexity index is 789. The molecule has 3 aromatic rings. The summed E-state index contributed by atoms with van der Waals surface area (Å²) in [6.45, 7) is 8.19. The Balaban J connectivity index is 1.54. The number of benzene rings is 2.